The monoisotopic (exact) mass is 226 g/mol. The summed E-state index contributed by atoms with van der Waals surface area (Å²) >= 11 is 5.87. The van der Waals surface area contributed by atoms with E-state index in [1.54, 1.807) is 0 Å². The van der Waals surface area contributed by atoms with E-state index in [0.717, 1.165) is 11.3 Å². The van der Waals surface area contributed by atoms with Crippen molar-refractivity contribution in [1.82, 2.24) is 5.32 Å². The van der Waals surface area contributed by atoms with Crippen LogP contribution >= 0.6 is 11.6 Å². The van der Waals surface area contributed by atoms with Crippen molar-refractivity contribution in [3.63, 3.8) is 0 Å². The van der Waals surface area contributed by atoms with Gasteiger partial charge in [-0.1, -0.05) is 11.6 Å². The number of nitrogens with one attached hydrogen (secondary N) is 2. The molecule has 1 amide bonds. The zero-order valence-corrected chi connectivity index (χ0v) is 8.71. The van der Waals surface area contributed by atoms with Gasteiger partial charge >= 0.3 is 6.09 Å². The average Bonchev–Trinajstić information content (AvgIpc) is 2.16. The molecule has 1 aromatic rings. The van der Waals surface area contributed by atoms with E-state index < -0.39 is 6.09 Å². The molecule has 0 radical (unpaired) electrons. The second kappa shape index (κ2) is 3.98. The summed E-state index contributed by atoms with van der Waals surface area (Å²) in [6.45, 7) is 0.612. The molecule has 0 fully saturated rings. The topological polar surface area (TPSA) is 61.4 Å². The average molecular weight is 227 g/mol. The standard InChI is InChI=1S/C10H11ClN2O2/c11-7-1-2-9-6(3-7)4-8(5-12-9)13-10(14)15/h1-3,8,12-13H,4-5H2,(H,14,15). The highest BCUT2D eigenvalue weighted by Crippen LogP contribution is 2.25. The lowest BCUT2D eigenvalue weighted by Crippen LogP contribution is -2.42. The van der Waals surface area contributed by atoms with Crippen LogP contribution in [0.5, 0.6) is 0 Å². The molecule has 1 atom stereocenters. The molecule has 1 aliphatic heterocycles. The Morgan fingerprint density at radius 1 is 1.60 bits per heavy atom. The predicted molar refractivity (Wildman–Crippen MR) is 58.6 cm³/mol. The fourth-order valence-corrected chi connectivity index (χ4v) is 1.95. The van der Waals surface area contributed by atoms with Gasteiger partial charge in [0.05, 0.1) is 6.04 Å². The molecule has 0 saturated carbocycles. The summed E-state index contributed by atoms with van der Waals surface area (Å²) in [7, 11) is 0. The van der Waals surface area contributed by atoms with E-state index in [-0.39, 0.29) is 6.04 Å². The third kappa shape index (κ3) is 2.33. The van der Waals surface area contributed by atoms with Crippen LogP contribution in [0.4, 0.5) is 10.5 Å². The van der Waals surface area contributed by atoms with Gasteiger partial charge < -0.3 is 15.7 Å². The van der Waals surface area contributed by atoms with Gasteiger partial charge in [-0.3, -0.25) is 0 Å². The summed E-state index contributed by atoms with van der Waals surface area (Å²) in [6, 6.07) is 5.50. The molecule has 0 bridgehead atoms. The van der Waals surface area contributed by atoms with Crippen LogP contribution in [0.3, 0.4) is 0 Å². The largest absolute Gasteiger partial charge is 0.465 e. The third-order valence-electron chi connectivity index (χ3n) is 2.40. The molecule has 0 spiro atoms. The third-order valence-corrected chi connectivity index (χ3v) is 2.64. The van der Waals surface area contributed by atoms with Crippen LogP contribution in [0.2, 0.25) is 5.02 Å². The Morgan fingerprint density at radius 3 is 3.13 bits per heavy atom. The minimum atomic E-state index is -0.993. The molecule has 80 valence electrons. The van der Waals surface area contributed by atoms with Crippen molar-refractivity contribution >= 4 is 23.4 Å². The summed E-state index contributed by atoms with van der Waals surface area (Å²) < 4.78 is 0. The SMILES string of the molecule is O=C(O)NC1CNc2ccc(Cl)cc2C1. The lowest BCUT2D eigenvalue weighted by molar-refractivity contribution is 0.190. The number of fused-ring (bicyclic) bond motifs is 1. The fraction of sp³-hybridized carbons (Fsp3) is 0.300. The summed E-state index contributed by atoms with van der Waals surface area (Å²) in [5.74, 6) is 0. The Balaban J connectivity index is 2.14. The maximum Gasteiger partial charge on any atom is 0.404 e. The van der Waals surface area contributed by atoms with Crippen LogP contribution in [0, 0.1) is 0 Å². The number of anilines is 1. The highest BCUT2D eigenvalue weighted by Gasteiger charge is 2.19. The molecular weight excluding hydrogens is 216 g/mol. The van der Waals surface area contributed by atoms with Crippen LogP contribution in [-0.2, 0) is 6.42 Å². The van der Waals surface area contributed by atoms with Gasteiger partial charge in [-0.25, -0.2) is 4.79 Å². The first-order valence-electron chi connectivity index (χ1n) is 4.67. The van der Waals surface area contributed by atoms with E-state index in [4.69, 9.17) is 16.7 Å². The number of halogens is 1. The lowest BCUT2D eigenvalue weighted by atomic mass is 10.00. The van der Waals surface area contributed by atoms with Crippen molar-refractivity contribution < 1.29 is 9.90 Å². The second-order valence-corrected chi connectivity index (χ2v) is 3.97. The summed E-state index contributed by atoms with van der Waals surface area (Å²) in [4.78, 5) is 10.5. The highest BCUT2D eigenvalue weighted by atomic mass is 35.5. The number of rotatable bonds is 1. The fourth-order valence-electron chi connectivity index (χ4n) is 1.75. The highest BCUT2D eigenvalue weighted by molar-refractivity contribution is 6.30. The van der Waals surface area contributed by atoms with E-state index in [2.05, 4.69) is 10.6 Å². The number of hydrogen-bond acceptors (Lipinski definition) is 2. The summed E-state index contributed by atoms with van der Waals surface area (Å²) in [5.41, 5.74) is 2.08. The Labute approximate surface area is 92.2 Å². The maximum atomic E-state index is 10.5. The van der Waals surface area contributed by atoms with Crippen molar-refractivity contribution in [3.8, 4) is 0 Å². The molecular formula is C10H11ClN2O2. The zero-order chi connectivity index (χ0) is 10.8. The van der Waals surface area contributed by atoms with Crippen LogP contribution < -0.4 is 10.6 Å². The minimum absolute atomic E-state index is 0.0894. The summed E-state index contributed by atoms with van der Waals surface area (Å²) in [5, 5.41) is 14.9. The van der Waals surface area contributed by atoms with Gasteiger partial charge in [0, 0.05) is 17.3 Å². The second-order valence-electron chi connectivity index (χ2n) is 3.53. The summed E-state index contributed by atoms with van der Waals surface area (Å²) in [6.07, 6.45) is -0.317. The van der Waals surface area contributed by atoms with Crippen LogP contribution in [0.15, 0.2) is 18.2 Å². The van der Waals surface area contributed by atoms with Crippen LogP contribution in [-0.4, -0.2) is 23.8 Å². The molecule has 0 aliphatic carbocycles. The Kier molecular flexibility index (Phi) is 2.68. The van der Waals surface area contributed by atoms with Crippen molar-refractivity contribution in [2.75, 3.05) is 11.9 Å². The number of carbonyl (C=O) groups is 1. The van der Waals surface area contributed by atoms with E-state index >= 15 is 0 Å². The molecule has 1 aliphatic rings. The van der Waals surface area contributed by atoms with Crippen molar-refractivity contribution in [1.29, 1.82) is 0 Å². The maximum absolute atomic E-state index is 10.5. The van der Waals surface area contributed by atoms with Crippen molar-refractivity contribution in [3.05, 3.63) is 28.8 Å². The number of carboxylic acid groups (broad SMARTS) is 1. The van der Waals surface area contributed by atoms with Gasteiger partial charge in [0.25, 0.3) is 0 Å². The number of benzene rings is 1. The molecule has 1 aromatic carbocycles. The van der Waals surface area contributed by atoms with Gasteiger partial charge in [0.15, 0.2) is 0 Å². The van der Waals surface area contributed by atoms with Gasteiger partial charge in [-0.2, -0.15) is 0 Å². The molecule has 3 N–H and O–H groups in total. The molecule has 1 unspecified atom stereocenters. The molecule has 5 heteroatoms. The molecule has 0 saturated heterocycles. The van der Waals surface area contributed by atoms with Gasteiger partial charge in [0.1, 0.15) is 0 Å². The number of amides is 1. The first-order chi connectivity index (χ1) is 7.15. The Hall–Kier alpha value is -1.42. The number of hydrogen-bond donors (Lipinski definition) is 3. The smallest absolute Gasteiger partial charge is 0.404 e. The van der Waals surface area contributed by atoms with Gasteiger partial charge in [-0.05, 0) is 30.2 Å². The quantitative estimate of drug-likeness (QED) is 0.686. The van der Waals surface area contributed by atoms with Gasteiger partial charge in [-0.15, -0.1) is 0 Å². The van der Waals surface area contributed by atoms with E-state index in [1.165, 1.54) is 0 Å². The van der Waals surface area contributed by atoms with Crippen LogP contribution in [0.25, 0.3) is 0 Å². The Bertz CT molecular complexity index is 395. The lowest BCUT2D eigenvalue weighted by Gasteiger charge is -2.26. The molecule has 1 heterocycles. The zero-order valence-electron chi connectivity index (χ0n) is 7.96. The van der Waals surface area contributed by atoms with E-state index in [0.29, 0.717) is 18.0 Å². The Morgan fingerprint density at radius 2 is 2.40 bits per heavy atom. The molecule has 15 heavy (non-hydrogen) atoms. The van der Waals surface area contributed by atoms with Crippen molar-refractivity contribution in [2.45, 2.75) is 12.5 Å². The van der Waals surface area contributed by atoms with Crippen LogP contribution in [0.1, 0.15) is 5.56 Å². The first kappa shape index (κ1) is 10.1. The van der Waals surface area contributed by atoms with Crippen molar-refractivity contribution in [2.24, 2.45) is 0 Å². The van der Waals surface area contributed by atoms with Gasteiger partial charge in [0.2, 0.25) is 0 Å². The minimum Gasteiger partial charge on any atom is -0.465 e. The molecule has 4 nitrogen and oxygen atoms in total. The molecule has 0 aromatic heterocycles. The van der Waals surface area contributed by atoms with E-state index in [9.17, 15) is 4.79 Å². The predicted octanol–water partition coefficient (Wildman–Crippen LogP) is 1.94. The molecule has 2 rings (SSSR count). The normalized spacial score (nSPS) is 18.9. The van der Waals surface area contributed by atoms with E-state index in [1.807, 2.05) is 18.2 Å². The first-order valence-corrected chi connectivity index (χ1v) is 5.04.